The zero-order valence-electron chi connectivity index (χ0n) is 11.5. The van der Waals surface area contributed by atoms with Crippen LogP contribution in [0.2, 0.25) is 18.1 Å². The minimum Gasteiger partial charge on any atom is -0.415 e. The van der Waals surface area contributed by atoms with Crippen LogP contribution in [-0.2, 0) is 4.43 Å². The van der Waals surface area contributed by atoms with E-state index >= 15 is 0 Å². The average molecular weight is 315 g/mol. The molecule has 1 aromatic rings. The van der Waals surface area contributed by atoms with E-state index in [4.69, 9.17) is 4.43 Å². The molecule has 0 aliphatic heterocycles. The normalized spacial score (nSPS) is 14.7. The largest absolute Gasteiger partial charge is 0.415 e. The molecule has 0 amide bonds. The molecule has 0 saturated heterocycles. The first-order chi connectivity index (χ1) is 7.74. The van der Waals surface area contributed by atoms with E-state index in [0.29, 0.717) is 0 Å². The number of alkyl halides is 1. The Morgan fingerprint density at radius 2 is 1.71 bits per heavy atom. The minimum absolute atomic E-state index is 0.274. The Balaban J connectivity index is 2.58. The zero-order valence-corrected chi connectivity index (χ0v) is 14.0. The molecule has 0 radical (unpaired) electrons. The molecule has 1 rings (SSSR count). The monoisotopic (exact) mass is 314 g/mol. The van der Waals surface area contributed by atoms with E-state index < -0.39 is 8.32 Å². The van der Waals surface area contributed by atoms with Crippen molar-refractivity contribution in [3.8, 4) is 0 Å². The van der Waals surface area contributed by atoms with Crippen LogP contribution in [-0.4, -0.2) is 14.9 Å². The van der Waals surface area contributed by atoms with Crippen molar-refractivity contribution in [1.82, 2.24) is 0 Å². The van der Waals surface area contributed by atoms with Gasteiger partial charge in [0.1, 0.15) is 0 Å². The molecule has 1 nitrogen and oxygen atoms in total. The Labute approximate surface area is 115 Å². The summed E-state index contributed by atoms with van der Waals surface area (Å²) in [4.78, 5) is 0.290. The summed E-state index contributed by atoms with van der Waals surface area (Å²) in [5.41, 5.74) is 1.28. The number of halogens is 1. The molecular weight excluding hydrogens is 292 g/mol. The second-order valence-electron chi connectivity index (χ2n) is 5.95. The van der Waals surface area contributed by atoms with Gasteiger partial charge in [0, 0.05) is 0 Å². The quantitative estimate of drug-likeness (QED) is 0.552. The number of hydrogen-bond donors (Lipinski definition) is 0. The maximum Gasteiger partial charge on any atom is 0.192 e. The lowest BCUT2D eigenvalue weighted by Crippen LogP contribution is -2.41. The number of benzene rings is 1. The Morgan fingerprint density at radius 3 is 2.18 bits per heavy atom. The SMILES string of the molecule is CC(C)(C)[Si](C)(C)OC[C@H](Br)c1ccccc1. The van der Waals surface area contributed by atoms with E-state index in [1.807, 2.05) is 6.07 Å². The summed E-state index contributed by atoms with van der Waals surface area (Å²) in [7, 11) is -1.63. The fraction of sp³-hybridized carbons (Fsp3) is 0.571. The van der Waals surface area contributed by atoms with Gasteiger partial charge in [0.2, 0.25) is 0 Å². The molecule has 0 N–H and O–H groups in total. The van der Waals surface area contributed by atoms with Gasteiger partial charge in [-0.15, -0.1) is 0 Å². The Hall–Kier alpha value is -0.123. The molecule has 0 bridgehead atoms. The van der Waals surface area contributed by atoms with Crippen molar-refractivity contribution in [3.05, 3.63) is 35.9 Å². The minimum atomic E-state index is -1.63. The van der Waals surface area contributed by atoms with Gasteiger partial charge in [-0.1, -0.05) is 67.0 Å². The van der Waals surface area contributed by atoms with Gasteiger partial charge in [-0.05, 0) is 23.7 Å². The maximum absolute atomic E-state index is 6.20. The van der Waals surface area contributed by atoms with Crippen LogP contribution >= 0.6 is 15.9 Å². The molecular formula is C14H23BrOSi. The van der Waals surface area contributed by atoms with Gasteiger partial charge in [-0.25, -0.2) is 0 Å². The van der Waals surface area contributed by atoms with Gasteiger partial charge in [-0.3, -0.25) is 0 Å². The second kappa shape index (κ2) is 5.68. The van der Waals surface area contributed by atoms with E-state index in [1.54, 1.807) is 0 Å². The molecule has 0 unspecified atom stereocenters. The van der Waals surface area contributed by atoms with Crippen LogP contribution in [0.5, 0.6) is 0 Å². The summed E-state index contributed by atoms with van der Waals surface area (Å²) in [5, 5.41) is 0.274. The summed E-state index contributed by atoms with van der Waals surface area (Å²) >= 11 is 3.70. The van der Waals surface area contributed by atoms with Crippen molar-refractivity contribution < 1.29 is 4.43 Å². The first kappa shape index (κ1) is 14.9. The van der Waals surface area contributed by atoms with Gasteiger partial charge < -0.3 is 4.43 Å². The summed E-state index contributed by atoms with van der Waals surface area (Å²) in [6, 6.07) is 10.4. The van der Waals surface area contributed by atoms with Gasteiger partial charge in [0.15, 0.2) is 8.32 Å². The van der Waals surface area contributed by atoms with E-state index in [-0.39, 0.29) is 9.87 Å². The summed E-state index contributed by atoms with van der Waals surface area (Å²) < 4.78 is 6.20. The average Bonchev–Trinajstić information content (AvgIpc) is 2.25. The van der Waals surface area contributed by atoms with Gasteiger partial charge in [0.25, 0.3) is 0 Å². The van der Waals surface area contributed by atoms with E-state index in [9.17, 15) is 0 Å². The lowest BCUT2D eigenvalue weighted by molar-refractivity contribution is 0.291. The third-order valence-corrected chi connectivity index (χ3v) is 8.85. The van der Waals surface area contributed by atoms with Gasteiger partial charge in [-0.2, -0.15) is 0 Å². The molecule has 1 atom stereocenters. The predicted octanol–water partition coefficient (Wildman–Crippen LogP) is 5.14. The lowest BCUT2D eigenvalue weighted by atomic mass is 10.2. The fourth-order valence-corrected chi connectivity index (χ4v) is 2.95. The van der Waals surface area contributed by atoms with E-state index in [2.05, 4.69) is 74.1 Å². The molecule has 0 aliphatic rings. The molecule has 0 spiro atoms. The Kier molecular flexibility index (Phi) is 4.99. The van der Waals surface area contributed by atoms with Gasteiger partial charge in [0.05, 0.1) is 11.4 Å². The molecule has 0 aliphatic carbocycles. The van der Waals surface area contributed by atoms with Crippen molar-refractivity contribution >= 4 is 24.2 Å². The Morgan fingerprint density at radius 1 is 1.18 bits per heavy atom. The third kappa shape index (κ3) is 4.23. The van der Waals surface area contributed by atoms with Gasteiger partial charge >= 0.3 is 0 Å². The van der Waals surface area contributed by atoms with Crippen LogP contribution in [0.4, 0.5) is 0 Å². The van der Waals surface area contributed by atoms with E-state index in [1.165, 1.54) is 5.56 Å². The summed E-state index contributed by atoms with van der Waals surface area (Å²) in [5.74, 6) is 0. The molecule has 17 heavy (non-hydrogen) atoms. The smallest absolute Gasteiger partial charge is 0.192 e. The fourth-order valence-electron chi connectivity index (χ4n) is 1.26. The maximum atomic E-state index is 6.20. The standard InChI is InChI=1S/C14H23BrOSi/c1-14(2,3)17(4,5)16-11-13(15)12-9-7-6-8-10-12/h6-10,13H,11H2,1-5H3/t13-/m0/s1. The summed E-state index contributed by atoms with van der Waals surface area (Å²) in [6.45, 7) is 12.1. The lowest BCUT2D eigenvalue weighted by Gasteiger charge is -2.36. The highest BCUT2D eigenvalue weighted by Gasteiger charge is 2.37. The van der Waals surface area contributed by atoms with Crippen molar-refractivity contribution in [1.29, 1.82) is 0 Å². The van der Waals surface area contributed by atoms with Crippen molar-refractivity contribution in [3.63, 3.8) is 0 Å². The highest BCUT2D eigenvalue weighted by molar-refractivity contribution is 9.09. The molecule has 96 valence electrons. The molecule has 0 fully saturated rings. The first-order valence-electron chi connectivity index (χ1n) is 6.07. The van der Waals surface area contributed by atoms with Crippen LogP contribution in [0.15, 0.2) is 30.3 Å². The van der Waals surface area contributed by atoms with E-state index in [0.717, 1.165) is 6.61 Å². The second-order valence-corrected chi connectivity index (χ2v) is 11.9. The van der Waals surface area contributed by atoms with Crippen molar-refractivity contribution in [2.24, 2.45) is 0 Å². The molecule has 1 aromatic carbocycles. The number of hydrogen-bond acceptors (Lipinski definition) is 1. The Bertz CT molecular complexity index is 343. The highest BCUT2D eigenvalue weighted by Crippen LogP contribution is 2.37. The predicted molar refractivity (Wildman–Crippen MR) is 81.3 cm³/mol. The molecule has 0 heterocycles. The molecule has 0 aromatic heterocycles. The summed E-state index contributed by atoms with van der Waals surface area (Å²) in [6.07, 6.45) is 0. The van der Waals surface area contributed by atoms with Crippen LogP contribution in [0.3, 0.4) is 0 Å². The van der Waals surface area contributed by atoms with Crippen LogP contribution in [0.25, 0.3) is 0 Å². The van der Waals surface area contributed by atoms with Crippen LogP contribution < -0.4 is 0 Å². The topological polar surface area (TPSA) is 9.23 Å². The third-order valence-electron chi connectivity index (χ3n) is 3.56. The zero-order chi connectivity index (χ0) is 13.1. The molecule has 0 saturated carbocycles. The first-order valence-corrected chi connectivity index (χ1v) is 9.89. The van der Waals surface area contributed by atoms with Crippen molar-refractivity contribution in [2.75, 3.05) is 6.61 Å². The van der Waals surface area contributed by atoms with Crippen LogP contribution in [0, 0.1) is 0 Å². The highest BCUT2D eigenvalue weighted by atomic mass is 79.9. The van der Waals surface area contributed by atoms with Crippen LogP contribution in [0.1, 0.15) is 31.2 Å². The molecule has 3 heteroatoms. The van der Waals surface area contributed by atoms with Crippen molar-refractivity contribution in [2.45, 2.75) is 43.7 Å². The number of rotatable bonds is 4.